The molecule has 15 heavy (non-hydrogen) atoms. The molecule has 1 aromatic carbocycles. The highest BCUT2D eigenvalue weighted by atomic mass is 79.9. The van der Waals surface area contributed by atoms with Crippen molar-refractivity contribution in [3.8, 4) is 5.75 Å². The summed E-state index contributed by atoms with van der Waals surface area (Å²) in [5.41, 5.74) is -0.338. The minimum Gasteiger partial charge on any atom is -0.488 e. The molecular weight excluding hydrogens is 256 g/mol. The number of Topliss-reactive ketones (excluding diaryl/α,β-unsaturated/α-hetero) is 1. The molecule has 2 nitrogen and oxygen atoms in total. The summed E-state index contributed by atoms with van der Waals surface area (Å²) in [5, 5.41) is 0. The summed E-state index contributed by atoms with van der Waals surface area (Å²) in [4.78, 5) is 11.3. The molecule has 1 unspecified atom stereocenters. The minimum absolute atomic E-state index is 0.00343. The molecule has 1 aliphatic rings. The minimum atomic E-state index is -0.338. The summed E-state index contributed by atoms with van der Waals surface area (Å²) < 4.78 is 6.73. The molecule has 1 aromatic rings. The largest absolute Gasteiger partial charge is 0.488 e. The third-order valence-corrected chi connectivity index (χ3v) is 3.66. The monoisotopic (exact) mass is 268 g/mol. The normalized spacial score (nSPS) is 23.4. The second-order valence-corrected chi connectivity index (χ2v) is 5.24. The van der Waals surface area contributed by atoms with E-state index in [-0.39, 0.29) is 17.3 Å². The van der Waals surface area contributed by atoms with Crippen molar-refractivity contribution in [1.82, 2.24) is 0 Å². The molecule has 0 radical (unpaired) electrons. The number of hydrogen-bond donors (Lipinski definition) is 0. The van der Waals surface area contributed by atoms with E-state index in [0.717, 1.165) is 10.2 Å². The molecule has 3 heteroatoms. The van der Waals surface area contributed by atoms with Crippen molar-refractivity contribution in [2.24, 2.45) is 5.41 Å². The van der Waals surface area contributed by atoms with Gasteiger partial charge in [0, 0.05) is 6.42 Å². The van der Waals surface area contributed by atoms with Gasteiger partial charge in [0.2, 0.25) is 0 Å². The molecule has 2 rings (SSSR count). The highest BCUT2D eigenvalue weighted by Gasteiger charge is 2.49. The Bertz CT molecular complexity index is 398. The third kappa shape index (κ3) is 1.81. The quantitative estimate of drug-likeness (QED) is 0.824. The van der Waals surface area contributed by atoms with Gasteiger partial charge in [-0.3, -0.25) is 4.79 Å². The molecule has 0 N–H and O–H groups in total. The van der Waals surface area contributed by atoms with E-state index in [2.05, 4.69) is 15.9 Å². The van der Waals surface area contributed by atoms with Crippen molar-refractivity contribution in [3.05, 3.63) is 28.7 Å². The SMILES string of the molecule is CC1(C)C(=O)CC1Oc1ccccc1Br. The third-order valence-electron chi connectivity index (χ3n) is 3.00. The first kappa shape index (κ1) is 10.7. The lowest BCUT2D eigenvalue weighted by Gasteiger charge is -2.42. The summed E-state index contributed by atoms with van der Waals surface area (Å²) in [6.07, 6.45) is 0.526. The molecular formula is C12H13BrO2. The predicted molar refractivity (Wildman–Crippen MR) is 62.0 cm³/mol. The Morgan fingerprint density at radius 2 is 2.07 bits per heavy atom. The first-order chi connectivity index (χ1) is 7.01. The van der Waals surface area contributed by atoms with Crippen molar-refractivity contribution in [1.29, 1.82) is 0 Å². The Kier molecular flexibility index (Phi) is 2.59. The summed E-state index contributed by atoms with van der Waals surface area (Å²) >= 11 is 3.42. The van der Waals surface area contributed by atoms with Crippen molar-refractivity contribution in [2.45, 2.75) is 26.4 Å². The molecule has 1 saturated carbocycles. The average molecular weight is 269 g/mol. The maximum absolute atomic E-state index is 11.3. The van der Waals surface area contributed by atoms with Crippen LogP contribution < -0.4 is 4.74 Å². The van der Waals surface area contributed by atoms with E-state index < -0.39 is 0 Å². The number of carbonyl (C=O) groups is 1. The van der Waals surface area contributed by atoms with Gasteiger partial charge in [0.25, 0.3) is 0 Å². The predicted octanol–water partition coefficient (Wildman–Crippen LogP) is 3.20. The number of rotatable bonds is 2. The lowest BCUT2D eigenvalue weighted by Crippen LogP contribution is -2.53. The van der Waals surface area contributed by atoms with Crippen LogP contribution in [0.15, 0.2) is 28.7 Å². The number of halogens is 1. The average Bonchev–Trinajstić information content (AvgIpc) is 2.20. The zero-order chi connectivity index (χ0) is 11.1. The highest BCUT2D eigenvalue weighted by Crippen LogP contribution is 2.40. The van der Waals surface area contributed by atoms with E-state index in [1.54, 1.807) is 0 Å². The first-order valence-electron chi connectivity index (χ1n) is 4.96. The van der Waals surface area contributed by atoms with Gasteiger partial charge in [0.05, 0.1) is 9.89 Å². The Balaban J connectivity index is 2.12. The van der Waals surface area contributed by atoms with E-state index in [1.807, 2.05) is 38.1 Å². The molecule has 1 fully saturated rings. The molecule has 0 amide bonds. The fourth-order valence-corrected chi connectivity index (χ4v) is 2.00. The van der Waals surface area contributed by atoms with Gasteiger partial charge >= 0.3 is 0 Å². The lowest BCUT2D eigenvalue weighted by molar-refractivity contribution is -0.148. The first-order valence-corrected chi connectivity index (χ1v) is 5.75. The molecule has 0 aromatic heterocycles. The lowest BCUT2D eigenvalue weighted by atomic mass is 9.68. The molecule has 0 bridgehead atoms. The van der Waals surface area contributed by atoms with Crippen LogP contribution in [0, 0.1) is 5.41 Å². The number of ketones is 1. The van der Waals surface area contributed by atoms with Crippen LogP contribution in [0.2, 0.25) is 0 Å². The topological polar surface area (TPSA) is 26.3 Å². The summed E-state index contributed by atoms with van der Waals surface area (Å²) in [5.74, 6) is 1.09. The van der Waals surface area contributed by atoms with Gasteiger partial charge in [-0.1, -0.05) is 12.1 Å². The van der Waals surface area contributed by atoms with E-state index in [4.69, 9.17) is 4.74 Å². The maximum atomic E-state index is 11.3. The fraction of sp³-hybridized carbons (Fsp3) is 0.417. The van der Waals surface area contributed by atoms with Crippen LogP contribution in [0.5, 0.6) is 5.75 Å². The van der Waals surface area contributed by atoms with Gasteiger partial charge in [0.1, 0.15) is 17.6 Å². The van der Waals surface area contributed by atoms with E-state index in [1.165, 1.54) is 0 Å². The number of hydrogen-bond acceptors (Lipinski definition) is 2. The van der Waals surface area contributed by atoms with E-state index in [9.17, 15) is 4.79 Å². The van der Waals surface area contributed by atoms with Crippen molar-refractivity contribution >= 4 is 21.7 Å². The maximum Gasteiger partial charge on any atom is 0.145 e. The molecule has 1 aliphatic carbocycles. The van der Waals surface area contributed by atoms with Crippen LogP contribution in [-0.4, -0.2) is 11.9 Å². The molecule has 1 atom stereocenters. The van der Waals surface area contributed by atoms with Gasteiger partial charge in [0.15, 0.2) is 0 Å². The zero-order valence-corrected chi connectivity index (χ0v) is 10.4. The van der Waals surface area contributed by atoms with E-state index in [0.29, 0.717) is 6.42 Å². The van der Waals surface area contributed by atoms with Crippen LogP contribution in [0.25, 0.3) is 0 Å². The van der Waals surface area contributed by atoms with Crippen LogP contribution in [0.4, 0.5) is 0 Å². The van der Waals surface area contributed by atoms with Gasteiger partial charge in [-0.25, -0.2) is 0 Å². The summed E-state index contributed by atoms with van der Waals surface area (Å²) in [6.45, 7) is 3.86. The van der Waals surface area contributed by atoms with Crippen molar-refractivity contribution in [2.75, 3.05) is 0 Å². The van der Waals surface area contributed by atoms with Crippen LogP contribution in [-0.2, 0) is 4.79 Å². The second kappa shape index (κ2) is 3.63. The van der Waals surface area contributed by atoms with Gasteiger partial charge in [-0.05, 0) is 41.9 Å². The second-order valence-electron chi connectivity index (χ2n) is 4.39. The molecule has 0 spiro atoms. The molecule has 0 aliphatic heterocycles. The molecule has 80 valence electrons. The number of para-hydroxylation sites is 1. The summed E-state index contributed by atoms with van der Waals surface area (Å²) in [7, 11) is 0. The van der Waals surface area contributed by atoms with Crippen molar-refractivity contribution in [3.63, 3.8) is 0 Å². The van der Waals surface area contributed by atoms with Crippen LogP contribution in [0.1, 0.15) is 20.3 Å². The zero-order valence-electron chi connectivity index (χ0n) is 8.79. The number of carbonyl (C=O) groups excluding carboxylic acids is 1. The van der Waals surface area contributed by atoms with Gasteiger partial charge in [-0.2, -0.15) is 0 Å². The standard InChI is InChI=1S/C12H13BrO2/c1-12(2)10(14)7-11(12)15-9-6-4-3-5-8(9)13/h3-6,11H,7H2,1-2H3. The van der Waals surface area contributed by atoms with Gasteiger partial charge in [-0.15, -0.1) is 0 Å². The smallest absolute Gasteiger partial charge is 0.145 e. The van der Waals surface area contributed by atoms with Crippen molar-refractivity contribution < 1.29 is 9.53 Å². The summed E-state index contributed by atoms with van der Waals surface area (Å²) in [6, 6.07) is 7.70. The highest BCUT2D eigenvalue weighted by molar-refractivity contribution is 9.10. The fourth-order valence-electron chi connectivity index (χ4n) is 1.62. The van der Waals surface area contributed by atoms with Gasteiger partial charge < -0.3 is 4.74 Å². The van der Waals surface area contributed by atoms with E-state index >= 15 is 0 Å². The molecule has 0 saturated heterocycles. The Labute approximate surface area is 97.8 Å². The van der Waals surface area contributed by atoms with Crippen LogP contribution in [0.3, 0.4) is 0 Å². The Hall–Kier alpha value is -0.830. The number of ether oxygens (including phenoxy) is 1. The van der Waals surface area contributed by atoms with Crippen LogP contribution >= 0.6 is 15.9 Å². The Morgan fingerprint density at radius 3 is 2.60 bits per heavy atom. The molecule has 0 heterocycles. The Morgan fingerprint density at radius 1 is 1.40 bits per heavy atom. The number of benzene rings is 1.